The van der Waals surface area contributed by atoms with E-state index < -0.39 is 0 Å². The molecule has 0 aromatic carbocycles. The Balaban J connectivity index is 1.47. The van der Waals surface area contributed by atoms with Crippen molar-refractivity contribution in [1.82, 2.24) is 20.4 Å². The summed E-state index contributed by atoms with van der Waals surface area (Å²) in [7, 11) is 0. The molecule has 1 amide bonds. The van der Waals surface area contributed by atoms with E-state index in [9.17, 15) is 4.79 Å². The lowest BCUT2D eigenvalue weighted by Gasteiger charge is -2.33. The molecule has 0 aromatic heterocycles. The lowest BCUT2D eigenvalue weighted by molar-refractivity contribution is -0.135. The average molecular weight is 420 g/mol. The maximum absolute atomic E-state index is 12.8. The van der Waals surface area contributed by atoms with Crippen molar-refractivity contribution < 1.29 is 4.79 Å². The summed E-state index contributed by atoms with van der Waals surface area (Å²) in [5, 5.41) is 7.04. The molecule has 2 aliphatic heterocycles. The molecule has 2 heterocycles. The van der Waals surface area contributed by atoms with Crippen molar-refractivity contribution in [3.05, 3.63) is 0 Å². The number of hydrogen-bond acceptors (Lipinski definition) is 3. The predicted octanol–water partition coefficient (Wildman–Crippen LogP) is 3.09. The first-order chi connectivity index (χ1) is 14.5. The first-order valence-electron chi connectivity index (χ1n) is 12.6. The van der Waals surface area contributed by atoms with E-state index in [2.05, 4.69) is 41.2 Å². The number of aliphatic imine (C=N–C) groups is 1. The Morgan fingerprint density at radius 1 is 1.03 bits per heavy atom. The van der Waals surface area contributed by atoms with Crippen LogP contribution in [0.15, 0.2) is 4.99 Å². The summed E-state index contributed by atoms with van der Waals surface area (Å²) in [6.07, 6.45) is 9.51. The molecular formula is C24H45N5O. The van der Waals surface area contributed by atoms with Gasteiger partial charge in [0.15, 0.2) is 5.96 Å². The number of nitrogens with one attached hydrogen (secondary N) is 2. The Labute approximate surface area is 184 Å². The van der Waals surface area contributed by atoms with Crippen molar-refractivity contribution in [3.63, 3.8) is 0 Å². The second-order valence-corrected chi connectivity index (χ2v) is 10.1. The second kappa shape index (κ2) is 11.9. The summed E-state index contributed by atoms with van der Waals surface area (Å²) in [6.45, 7) is 13.8. The maximum Gasteiger partial charge on any atom is 0.225 e. The smallest absolute Gasteiger partial charge is 0.225 e. The lowest BCUT2D eigenvalue weighted by Crippen LogP contribution is -2.46. The van der Waals surface area contributed by atoms with E-state index in [1.807, 2.05) is 0 Å². The van der Waals surface area contributed by atoms with E-state index in [1.54, 1.807) is 0 Å². The molecule has 6 heteroatoms. The van der Waals surface area contributed by atoms with Gasteiger partial charge in [-0.25, -0.2) is 0 Å². The van der Waals surface area contributed by atoms with Crippen LogP contribution in [0.3, 0.4) is 0 Å². The van der Waals surface area contributed by atoms with Gasteiger partial charge in [0.2, 0.25) is 5.91 Å². The molecular weight excluding hydrogens is 374 g/mol. The molecule has 2 unspecified atom stereocenters. The first kappa shape index (κ1) is 23.4. The number of piperidine rings is 1. The molecule has 3 fully saturated rings. The van der Waals surface area contributed by atoms with Gasteiger partial charge < -0.3 is 20.4 Å². The molecule has 0 radical (unpaired) electrons. The van der Waals surface area contributed by atoms with Crippen LogP contribution >= 0.6 is 0 Å². The van der Waals surface area contributed by atoms with E-state index in [1.165, 1.54) is 51.7 Å². The van der Waals surface area contributed by atoms with Crippen molar-refractivity contribution in [2.24, 2.45) is 22.7 Å². The molecule has 2 saturated heterocycles. The molecule has 2 N–H and O–H groups in total. The summed E-state index contributed by atoms with van der Waals surface area (Å²) in [4.78, 5) is 22.5. The van der Waals surface area contributed by atoms with Gasteiger partial charge in [-0.1, -0.05) is 33.1 Å². The van der Waals surface area contributed by atoms with Crippen LogP contribution in [0.2, 0.25) is 0 Å². The van der Waals surface area contributed by atoms with Gasteiger partial charge in [-0.2, -0.15) is 0 Å². The third-order valence-electron chi connectivity index (χ3n) is 6.87. The Morgan fingerprint density at radius 2 is 1.83 bits per heavy atom. The third-order valence-corrected chi connectivity index (χ3v) is 6.87. The number of carbonyl (C=O) groups excluding carboxylic acids is 1. The maximum atomic E-state index is 12.8. The fourth-order valence-corrected chi connectivity index (χ4v) is 5.40. The van der Waals surface area contributed by atoms with Gasteiger partial charge in [0.05, 0.1) is 0 Å². The van der Waals surface area contributed by atoms with Gasteiger partial charge in [0.25, 0.3) is 0 Å². The van der Waals surface area contributed by atoms with Crippen LogP contribution in [0.25, 0.3) is 0 Å². The summed E-state index contributed by atoms with van der Waals surface area (Å²) in [6, 6.07) is 0.319. The third kappa shape index (κ3) is 7.14. The zero-order chi connectivity index (χ0) is 21.3. The fraction of sp³-hybridized carbons (Fsp3) is 0.917. The summed E-state index contributed by atoms with van der Waals surface area (Å²) in [5.41, 5.74) is 0. The van der Waals surface area contributed by atoms with Crippen molar-refractivity contribution >= 4 is 11.9 Å². The fourth-order valence-electron chi connectivity index (χ4n) is 5.40. The molecule has 172 valence electrons. The van der Waals surface area contributed by atoms with Crippen molar-refractivity contribution in [1.29, 1.82) is 0 Å². The predicted molar refractivity (Wildman–Crippen MR) is 125 cm³/mol. The number of carbonyl (C=O) groups is 1. The SMILES string of the molecule is CCNC(=NCC1CCCN(CC(C)C)C1)NC1CCN(C(=O)C2CCCCC2)C1. The second-order valence-electron chi connectivity index (χ2n) is 10.1. The van der Waals surface area contributed by atoms with Crippen LogP contribution in [0.4, 0.5) is 0 Å². The van der Waals surface area contributed by atoms with Crippen LogP contribution in [0.1, 0.15) is 72.1 Å². The number of guanidine groups is 1. The normalized spacial score (nSPS) is 26.9. The monoisotopic (exact) mass is 419 g/mol. The quantitative estimate of drug-likeness (QED) is 0.492. The Morgan fingerprint density at radius 3 is 2.57 bits per heavy atom. The number of likely N-dealkylation sites (tertiary alicyclic amines) is 2. The van der Waals surface area contributed by atoms with E-state index in [0.29, 0.717) is 17.9 Å². The number of hydrogen-bond donors (Lipinski definition) is 2. The molecule has 6 nitrogen and oxygen atoms in total. The Kier molecular flexibility index (Phi) is 9.28. The Bertz CT molecular complexity index is 558. The van der Waals surface area contributed by atoms with Crippen LogP contribution < -0.4 is 10.6 Å². The standard InChI is InChI=1S/C24H45N5O/c1-4-25-24(26-15-20-9-8-13-28(17-20)16-19(2)3)27-22-12-14-29(18-22)23(30)21-10-6-5-7-11-21/h19-22H,4-18H2,1-3H3,(H2,25,26,27). The first-order valence-corrected chi connectivity index (χ1v) is 12.6. The highest BCUT2D eigenvalue weighted by Gasteiger charge is 2.32. The molecule has 0 aromatic rings. The highest BCUT2D eigenvalue weighted by molar-refractivity contribution is 5.81. The number of amides is 1. The van der Waals surface area contributed by atoms with E-state index in [0.717, 1.165) is 57.3 Å². The topological polar surface area (TPSA) is 60.0 Å². The molecule has 3 aliphatic rings. The van der Waals surface area contributed by atoms with E-state index >= 15 is 0 Å². The summed E-state index contributed by atoms with van der Waals surface area (Å²) >= 11 is 0. The number of nitrogens with zero attached hydrogens (tertiary/aromatic N) is 3. The van der Waals surface area contributed by atoms with Gasteiger partial charge in [0.1, 0.15) is 0 Å². The molecule has 0 spiro atoms. The van der Waals surface area contributed by atoms with Crippen molar-refractivity contribution in [2.45, 2.75) is 78.2 Å². The van der Waals surface area contributed by atoms with Gasteiger partial charge >= 0.3 is 0 Å². The van der Waals surface area contributed by atoms with Gasteiger partial charge in [-0.15, -0.1) is 0 Å². The van der Waals surface area contributed by atoms with Crippen molar-refractivity contribution in [3.8, 4) is 0 Å². The zero-order valence-corrected chi connectivity index (χ0v) is 19.7. The molecule has 1 saturated carbocycles. The van der Waals surface area contributed by atoms with E-state index in [4.69, 9.17) is 4.99 Å². The minimum Gasteiger partial charge on any atom is -0.357 e. The largest absolute Gasteiger partial charge is 0.357 e. The van der Waals surface area contributed by atoms with Gasteiger partial charge in [-0.05, 0) is 57.4 Å². The lowest BCUT2D eigenvalue weighted by atomic mass is 9.88. The van der Waals surface area contributed by atoms with Crippen LogP contribution in [0.5, 0.6) is 0 Å². The van der Waals surface area contributed by atoms with Crippen LogP contribution in [-0.2, 0) is 4.79 Å². The summed E-state index contributed by atoms with van der Waals surface area (Å²) in [5.74, 6) is 2.98. The number of rotatable bonds is 7. The Hall–Kier alpha value is -1.30. The summed E-state index contributed by atoms with van der Waals surface area (Å²) < 4.78 is 0. The van der Waals surface area contributed by atoms with Crippen LogP contribution in [-0.4, -0.2) is 73.5 Å². The van der Waals surface area contributed by atoms with Crippen molar-refractivity contribution in [2.75, 3.05) is 45.8 Å². The minimum absolute atomic E-state index is 0.277. The minimum atomic E-state index is 0.277. The zero-order valence-electron chi connectivity index (χ0n) is 19.7. The van der Waals surface area contributed by atoms with Gasteiger partial charge in [-0.3, -0.25) is 9.79 Å². The molecule has 0 bridgehead atoms. The highest BCUT2D eigenvalue weighted by Crippen LogP contribution is 2.26. The average Bonchev–Trinajstić information content (AvgIpc) is 3.20. The molecule has 30 heavy (non-hydrogen) atoms. The molecule has 1 aliphatic carbocycles. The van der Waals surface area contributed by atoms with E-state index in [-0.39, 0.29) is 5.92 Å². The molecule has 2 atom stereocenters. The molecule has 3 rings (SSSR count). The van der Waals surface area contributed by atoms with Crippen LogP contribution in [0, 0.1) is 17.8 Å². The highest BCUT2D eigenvalue weighted by atomic mass is 16.2. The van der Waals surface area contributed by atoms with Gasteiger partial charge in [0, 0.05) is 51.2 Å².